The Morgan fingerprint density at radius 2 is 2.27 bits per heavy atom. The molecule has 1 atom stereocenters. The number of nitrogens with two attached hydrogens (primary N) is 2. The molecule has 0 aliphatic rings. The number of hydrogen-bond acceptors (Lipinski definition) is 4. The molecule has 11 heavy (non-hydrogen) atoms. The van der Waals surface area contributed by atoms with Gasteiger partial charge >= 0.3 is 0 Å². The molecule has 4 nitrogen and oxygen atoms in total. The zero-order valence-electron chi connectivity index (χ0n) is 6.32. The Morgan fingerprint density at radius 3 is 2.73 bits per heavy atom. The average molecular weight is 178 g/mol. The summed E-state index contributed by atoms with van der Waals surface area (Å²) in [4.78, 5) is 10.4. The molecule has 0 spiro atoms. The fraction of sp³-hybridized carbons (Fsp3) is 0.833. The van der Waals surface area contributed by atoms with Crippen molar-refractivity contribution in [2.24, 2.45) is 11.5 Å². The summed E-state index contributed by atoms with van der Waals surface area (Å²) in [6.07, 6.45) is 0.732. The number of aliphatic hydroxyl groups excluding tert-OH is 1. The lowest BCUT2D eigenvalue weighted by atomic mass is 10.3. The van der Waals surface area contributed by atoms with Gasteiger partial charge in [0.15, 0.2) is 0 Å². The van der Waals surface area contributed by atoms with Crippen LogP contribution in [0, 0.1) is 0 Å². The molecule has 0 rings (SSSR count). The molecule has 0 aromatic rings. The highest BCUT2D eigenvalue weighted by atomic mass is 32.2. The molecule has 66 valence electrons. The van der Waals surface area contributed by atoms with Crippen molar-refractivity contribution in [1.29, 1.82) is 0 Å². The van der Waals surface area contributed by atoms with Crippen LogP contribution >= 0.6 is 11.8 Å². The van der Waals surface area contributed by atoms with Gasteiger partial charge in [0.2, 0.25) is 5.91 Å². The van der Waals surface area contributed by atoms with Crippen LogP contribution in [0.2, 0.25) is 0 Å². The quantitative estimate of drug-likeness (QED) is 0.451. The van der Waals surface area contributed by atoms with Gasteiger partial charge in [0.25, 0.3) is 0 Å². The minimum absolute atomic E-state index is 0.179. The first-order chi connectivity index (χ1) is 5.18. The number of hydrogen-bond donors (Lipinski definition) is 3. The van der Waals surface area contributed by atoms with E-state index in [1.165, 1.54) is 11.8 Å². The van der Waals surface area contributed by atoms with Crippen LogP contribution in [0.3, 0.4) is 0 Å². The lowest BCUT2D eigenvalue weighted by Gasteiger charge is -2.05. The number of aliphatic hydroxyl groups is 1. The van der Waals surface area contributed by atoms with Crippen LogP contribution in [0.1, 0.15) is 6.42 Å². The fourth-order valence-electron chi connectivity index (χ4n) is 0.459. The van der Waals surface area contributed by atoms with Crippen LogP contribution in [-0.2, 0) is 4.79 Å². The molecule has 0 aliphatic carbocycles. The van der Waals surface area contributed by atoms with E-state index in [9.17, 15) is 4.79 Å². The molecule has 0 aromatic carbocycles. The highest BCUT2D eigenvalue weighted by Gasteiger charge is 2.07. The largest absolute Gasteiger partial charge is 0.396 e. The minimum Gasteiger partial charge on any atom is -0.396 e. The number of rotatable bonds is 6. The predicted octanol–water partition coefficient (Wildman–Crippen LogP) is -1.09. The smallest absolute Gasteiger partial charge is 0.235 e. The van der Waals surface area contributed by atoms with Crippen LogP contribution < -0.4 is 11.5 Å². The van der Waals surface area contributed by atoms with E-state index in [0.29, 0.717) is 5.75 Å². The Morgan fingerprint density at radius 1 is 1.64 bits per heavy atom. The Balaban J connectivity index is 3.17. The molecule has 0 saturated heterocycles. The Kier molecular flexibility index (Phi) is 6.30. The van der Waals surface area contributed by atoms with Crippen molar-refractivity contribution in [1.82, 2.24) is 0 Å². The van der Waals surface area contributed by atoms with Crippen molar-refractivity contribution in [3.05, 3.63) is 0 Å². The summed E-state index contributed by atoms with van der Waals surface area (Å²) in [5, 5.41) is 8.40. The van der Waals surface area contributed by atoms with Gasteiger partial charge in [0.05, 0.1) is 6.04 Å². The highest BCUT2D eigenvalue weighted by molar-refractivity contribution is 7.99. The lowest BCUT2D eigenvalue weighted by Crippen LogP contribution is -2.38. The molecular formula is C6H14N2O2S. The first-order valence-corrected chi connectivity index (χ1v) is 4.57. The molecular weight excluding hydrogens is 164 g/mol. The summed E-state index contributed by atoms with van der Waals surface area (Å²) >= 11 is 1.53. The van der Waals surface area contributed by atoms with E-state index < -0.39 is 11.9 Å². The van der Waals surface area contributed by atoms with Gasteiger partial charge in [-0.2, -0.15) is 11.8 Å². The Bertz CT molecular complexity index is 121. The van der Waals surface area contributed by atoms with Crippen molar-refractivity contribution >= 4 is 17.7 Å². The van der Waals surface area contributed by atoms with E-state index >= 15 is 0 Å². The van der Waals surface area contributed by atoms with E-state index in [4.69, 9.17) is 16.6 Å². The number of amides is 1. The van der Waals surface area contributed by atoms with Crippen LogP contribution in [0.25, 0.3) is 0 Å². The van der Waals surface area contributed by atoms with Gasteiger partial charge < -0.3 is 16.6 Å². The molecule has 0 bridgehead atoms. The van der Waals surface area contributed by atoms with Gasteiger partial charge in [-0.25, -0.2) is 0 Å². The maximum atomic E-state index is 10.4. The number of primary amides is 1. The average Bonchev–Trinajstić information content (AvgIpc) is 1.97. The van der Waals surface area contributed by atoms with Crippen LogP contribution in [-0.4, -0.2) is 35.2 Å². The SMILES string of the molecule is NC(=O)C(N)CSCCCO. The first kappa shape index (κ1) is 10.7. The molecule has 1 unspecified atom stereocenters. The molecule has 0 aromatic heterocycles. The summed E-state index contributed by atoms with van der Waals surface area (Å²) in [5.74, 6) is 0.883. The molecule has 0 fully saturated rings. The second-order valence-corrected chi connectivity index (χ2v) is 3.31. The molecule has 0 radical (unpaired) electrons. The molecule has 5 N–H and O–H groups in total. The van der Waals surface area contributed by atoms with Gasteiger partial charge in [0.1, 0.15) is 0 Å². The van der Waals surface area contributed by atoms with E-state index in [1.807, 2.05) is 0 Å². The minimum atomic E-state index is -0.557. The summed E-state index contributed by atoms with van der Waals surface area (Å²) < 4.78 is 0. The van der Waals surface area contributed by atoms with Crippen LogP contribution in [0.15, 0.2) is 0 Å². The second kappa shape index (κ2) is 6.45. The van der Waals surface area contributed by atoms with Crippen molar-refractivity contribution < 1.29 is 9.90 Å². The molecule has 0 aliphatic heterocycles. The van der Waals surface area contributed by atoms with Crippen LogP contribution in [0.4, 0.5) is 0 Å². The standard InChI is InChI=1S/C6H14N2O2S/c7-5(6(8)10)4-11-3-1-2-9/h5,9H,1-4,7H2,(H2,8,10). The van der Waals surface area contributed by atoms with Crippen molar-refractivity contribution in [3.8, 4) is 0 Å². The maximum absolute atomic E-state index is 10.4. The van der Waals surface area contributed by atoms with E-state index in [0.717, 1.165) is 12.2 Å². The normalized spacial score (nSPS) is 12.9. The number of carbonyl (C=O) groups is 1. The summed E-state index contributed by atoms with van der Waals surface area (Å²) in [6, 6.07) is -0.557. The molecule has 1 amide bonds. The third-order valence-electron chi connectivity index (χ3n) is 1.11. The van der Waals surface area contributed by atoms with Gasteiger partial charge in [-0.15, -0.1) is 0 Å². The lowest BCUT2D eigenvalue weighted by molar-refractivity contribution is -0.118. The fourth-order valence-corrected chi connectivity index (χ4v) is 1.38. The number of carbonyl (C=O) groups excluding carboxylic acids is 1. The van der Waals surface area contributed by atoms with Crippen molar-refractivity contribution in [2.45, 2.75) is 12.5 Å². The van der Waals surface area contributed by atoms with Crippen molar-refractivity contribution in [2.75, 3.05) is 18.1 Å². The monoisotopic (exact) mass is 178 g/mol. The van der Waals surface area contributed by atoms with Gasteiger partial charge in [-0.3, -0.25) is 4.79 Å². The third-order valence-corrected chi connectivity index (χ3v) is 2.28. The Hall–Kier alpha value is -0.260. The topological polar surface area (TPSA) is 89.3 Å². The zero-order chi connectivity index (χ0) is 8.69. The summed E-state index contributed by atoms with van der Waals surface area (Å²) in [7, 11) is 0. The predicted molar refractivity (Wildman–Crippen MR) is 46.2 cm³/mol. The van der Waals surface area contributed by atoms with Gasteiger partial charge in [-0.05, 0) is 12.2 Å². The van der Waals surface area contributed by atoms with E-state index in [-0.39, 0.29) is 6.61 Å². The van der Waals surface area contributed by atoms with Gasteiger partial charge in [0, 0.05) is 12.4 Å². The third kappa shape index (κ3) is 6.15. The maximum Gasteiger partial charge on any atom is 0.235 e. The number of thioether (sulfide) groups is 1. The molecule has 0 heterocycles. The van der Waals surface area contributed by atoms with E-state index in [2.05, 4.69) is 0 Å². The zero-order valence-corrected chi connectivity index (χ0v) is 7.14. The van der Waals surface area contributed by atoms with Crippen molar-refractivity contribution in [3.63, 3.8) is 0 Å². The summed E-state index contributed by atoms with van der Waals surface area (Å²) in [6.45, 7) is 0.179. The van der Waals surface area contributed by atoms with Gasteiger partial charge in [-0.1, -0.05) is 0 Å². The summed E-state index contributed by atoms with van der Waals surface area (Å²) in [5.41, 5.74) is 10.3. The van der Waals surface area contributed by atoms with Crippen LogP contribution in [0.5, 0.6) is 0 Å². The first-order valence-electron chi connectivity index (χ1n) is 3.42. The Labute approximate surface area is 70.3 Å². The second-order valence-electron chi connectivity index (χ2n) is 2.16. The molecule has 5 heteroatoms. The van der Waals surface area contributed by atoms with E-state index in [1.54, 1.807) is 0 Å². The highest BCUT2D eigenvalue weighted by Crippen LogP contribution is 2.02. The molecule has 0 saturated carbocycles.